The summed E-state index contributed by atoms with van der Waals surface area (Å²) in [4.78, 5) is 23.0. The van der Waals surface area contributed by atoms with Crippen molar-refractivity contribution >= 4 is 11.9 Å². The fraction of sp³-hybridized carbons (Fsp3) is 0.571. The Morgan fingerprint density at radius 3 is 2.82 bits per heavy atom. The van der Waals surface area contributed by atoms with Crippen molar-refractivity contribution in [2.24, 2.45) is 0 Å². The Morgan fingerprint density at radius 1 is 1.71 bits per heavy atom. The summed E-state index contributed by atoms with van der Waals surface area (Å²) in [5.41, 5.74) is 0. The molecule has 17 heavy (non-hydrogen) atoms. The molecule has 0 aromatic carbocycles. The van der Waals surface area contributed by atoms with Gasteiger partial charge in [0.2, 0.25) is 12.2 Å². The second-order valence-electron chi connectivity index (χ2n) is 3.26. The molecule has 0 radical (unpaired) electrons. The van der Waals surface area contributed by atoms with Gasteiger partial charge < -0.3 is 15.4 Å². The van der Waals surface area contributed by atoms with Crippen LogP contribution in [0.4, 0.5) is 14.7 Å². The molecule has 0 fully saturated rings. The third-order valence-corrected chi connectivity index (χ3v) is 1.68. The summed E-state index contributed by atoms with van der Waals surface area (Å²) in [6.45, 7) is -0.652. The SMILES string of the molecule is CC(=O)NCC(F)(F)Cn1cnc([N+](=O)[O-])n1. The molecule has 0 bridgehead atoms. The van der Waals surface area contributed by atoms with Gasteiger partial charge in [-0.05, 0) is 4.92 Å². The molecule has 0 atom stereocenters. The van der Waals surface area contributed by atoms with Crippen molar-refractivity contribution in [1.29, 1.82) is 0 Å². The molecule has 10 heteroatoms. The minimum atomic E-state index is -3.26. The molecule has 8 nitrogen and oxygen atoms in total. The number of amides is 1. The van der Waals surface area contributed by atoms with Gasteiger partial charge in [0.1, 0.15) is 6.54 Å². The highest BCUT2D eigenvalue weighted by atomic mass is 19.3. The number of alkyl halides is 2. The van der Waals surface area contributed by atoms with Gasteiger partial charge in [-0.15, -0.1) is 0 Å². The number of nitrogens with zero attached hydrogens (tertiary/aromatic N) is 4. The molecule has 0 spiro atoms. The summed E-state index contributed by atoms with van der Waals surface area (Å²) in [6, 6.07) is 0. The highest BCUT2D eigenvalue weighted by Gasteiger charge is 2.32. The smallest absolute Gasteiger partial charge is 0.390 e. The van der Waals surface area contributed by atoms with Crippen LogP contribution in [-0.4, -0.2) is 38.1 Å². The zero-order valence-corrected chi connectivity index (χ0v) is 8.76. The highest BCUT2D eigenvalue weighted by Crippen LogP contribution is 2.15. The number of hydrogen-bond acceptors (Lipinski definition) is 5. The predicted molar refractivity (Wildman–Crippen MR) is 50.3 cm³/mol. The van der Waals surface area contributed by atoms with Crippen molar-refractivity contribution < 1.29 is 18.5 Å². The third-order valence-electron chi connectivity index (χ3n) is 1.68. The highest BCUT2D eigenvalue weighted by molar-refractivity contribution is 5.72. The lowest BCUT2D eigenvalue weighted by molar-refractivity contribution is -0.394. The first kappa shape index (κ1) is 12.9. The third kappa shape index (κ3) is 4.09. The Bertz CT molecular complexity index is 433. The topological polar surface area (TPSA) is 103 Å². The first-order valence-electron chi connectivity index (χ1n) is 4.46. The Morgan fingerprint density at radius 2 is 2.35 bits per heavy atom. The van der Waals surface area contributed by atoms with Crippen molar-refractivity contribution in [2.45, 2.75) is 19.4 Å². The second kappa shape index (κ2) is 4.80. The van der Waals surface area contributed by atoms with E-state index in [1.807, 2.05) is 5.32 Å². The molecule has 1 heterocycles. The van der Waals surface area contributed by atoms with Crippen LogP contribution >= 0.6 is 0 Å². The lowest BCUT2D eigenvalue weighted by atomic mass is 10.3. The van der Waals surface area contributed by atoms with Gasteiger partial charge in [0.25, 0.3) is 5.92 Å². The van der Waals surface area contributed by atoms with Crippen LogP contribution in [0, 0.1) is 10.1 Å². The number of aromatic nitrogens is 3. The van der Waals surface area contributed by atoms with E-state index in [2.05, 4.69) is 10.1 Å². The van der Waals surface area contributed by atoms with Crippen LogP contribution in [0.3, 0.4) is 0 Å². The maximum Gasteiger partial charge on any atom is 0.490 e. The lowest BCUT2D eigenvalue weighted by Gasteiger charge is -2.14. The minimum Gasteiger partial charge on any atom is -0.390 e. The number of halogens is 2. The van der Waals surface area contributed by atoms with E-state index in [0.717, 1.165) is 13.3 Å². The molecule has 1 aromatic heterocycles. The number of nitrogens with one attached hydrogen (secondary N) is 1. The molecule has 0 aliphatic rings. The number of rotatable bonds is 5. The number of carbonyl (C=O) groups excluding carboxylic acids is 1. The Kier molecular flexibility index (Phi) is 3.66. The van der Waals surface area contributed by atoms with E-state index in [-0.39, 0.29) is 0 Å². The summed E-state index contributed by atoms with van der Waals surface area (Å²) >= 11 is 0. The van der Waals surface area contributed by atoms with Crippen LogP contribution < -0.4 is 5.32 Å². The van der Waals surface area contributed by atoms with E-state index in [4.69, 9.17) is 0 Å². The van der Waals surface area contributed by atoms with Gasteiger partial charge in [0.15, 0.2) is 0 Å². The van der Waals surface area contributed by atoms with Crippen LogP contribution in [0.1, 0.15) is 6.92 Å². The summed E-state index contributed by atoms with van der Waals surface area (Å²) in [5, 5.41) is 15.4. The van der Waals surface area contributed by atoms with Gasteiger partial charge in [-0.25, -0.2) is 8.78 Å². The summed E-state index contributed by atoms with van der Waals surface area (Å²) in [7, 11) is 0. The molecule has 1 amide bonds. The van der Waals surface area contributed by atoms with Crippen molar-refractivity contribution in [3.8, 4) is 0 Å². The summed E-state index contributed by atoms with van der Waals surface area (Å²) in [6.07, 6.45) is 0.833. The first-order valence-corrected chi connectivity index (χ1v) is 4.46. The number of nitro groups is 1. The Hall–Kier alpha value is -2.13. The molecule has 0 saturated heterocycles. The average molecular weight is 249 g/mol. The van der Waals surface area contributed by atoms with E-state index in [1.54, 1.807) is 0 Å². The van der Waals surface area contributed by atoms with Crippen molar-refractivity contribution in [3.63, 3.8) is 0 Å². The van der Waals surface area contributed by atoms with Gasteiger partial charge in [-0.1, -0.05) is 4.98 Å². The van der Waals surface area contributed by atoms with Crippen LogP contribution in [-0.2, 0) is 11.3 Å². The van der Waals surface area contributed by atoms with Gasteiger partial charge in [-0.2, -0.15) is 4.68 Å². The standard InChI is InChI=1S/C7H9F2N5O3/c1-5(15)10-2-7(8,9)3-13-4-11-6(12-13)14(16)17/h4H,2-3H2,1H3,(H,10,15). The van der Waals surface area contributed by atoms with Gasteiger partial charge >= 0.3 is 5.95 Å². The fourth-order valence-electron chi connectivity index (χ4n) is 0.991. The van der Waals surface area contributed by atoms with Crippen LogP contribution in [0.2, 0.25) is 0 Å². The molecule has 0 saturated carbocycles. The molecular weight excluding hydrogens is 240 g/mol. The zero-order valence-electron chi connectivity index (χ0n) is 8.76. The largest absolute Gasteiger partial charge is 0.490 e. The van der Waals surface area contributed by atoms with E-state index >= 15 is 0 Å². The van der Waals surface area contributed by atoms with Gasteiger partial charge in [-0.3, -0.25) is 4.79 Å². The van der Waals surface area contributed by atoms with Crippen LogP contribution in [0.15, 0.2) is 6.33 Å². The molecule has 0 aliphatic carbocycles. The Balaban J connectivity index is 2.62. The lowest BCUT2D eigenvalue weighted by Crippen LogP contribution is -2.38. The fourth-order valence-corrected chi connectivity index (χ4v) is 0.991. The minimum absolute atomic E-state index is 0.589. The normalized spacial score (nSPS) is 11.2. The molecular formula is C7H9F2N5O3. The maximum atomic E-state index is 13.2. The summed E-state index contributed by atoms with van der Waals surface area (Å²) < 4.78 is 27.1. The predicted octanol–water partition coefficient (Wildman–Crippen LogP) is -0.0423. The van der Waals surface area contributed by atoms with E-state index in [0.29, 0.717) is 4.68 Å². The van der Waals surface area contributed by atoms with Crippen LogP contribution in [0.25, 0.3) is 0 Å². The average Bonchev–Trinajstić information content (AvgIpc) is 2.63. The van der Waals surface area contributed by atoms with E-state index < -0.39 is 35.8 Å². The number of hydrogen-bond donors (Lipinski definition) is 1. The van der Waals surface area contributed by atoms with Gasteiger partial charge in [0, 0.05) is 12.0 Å². The molecule has 1 N–H and O–H groups in total. The van der Waals surface area contributed by atoms with E-state index in [9.17, 15) is 23.7 Å². The molecule has 1 rings (SSSR count). The quantitative estimate of drug-likeness (QED) is 0.582. The van der Waals surface area contributed by atoms with Crippen molar-refractivity contribution in [2.75, 3.05) is 6.54 Å². The zero-order chi connectivity index (χ0) is 13.1. The molecule has 0 unspecified atom stereocenters. The van der Waals surface area contributed by atoms with E-state index in [1.165, 1.54) is 0 Å². The molecule has 0 aliphatic heterocycles. The van der Waals surface area contributed by atoms with Crippen molar-refractivity contribution in [1.82, 2.24) is 20.1 Å². The maximum absolute atomic E-state index is 13.2. The molecule has 1 aromatic rings. The van der Waals surface area contributed by atoms with Gasteiger partial charge in [0.05, 0.1) is 6.54 Å². The first-order chi connectivity index (χ1) is 7.80. The molecule has 94 valence electrons. The second-order valence-corrected chi connectivity index (χ2v) is 3.26. The Labute approximate surface area is 93.8 Å². The monoisotopic (exact) mass is 249 g/mol. The summed E-state index contributed by atoms with van der Waals surface area (Å²) in [5.74, 6) is -4.60. The van der Waals surface area contributed by atoms with Crippen molar-refractivity contribution in [3.05, 3.63) is 16.4 Å². The van der Waals surface area contributed by atoms with Crippen LogP contribution in [0.5, 0.6) is 0 Å². The number of carbonyl (C=O) groups is 1.